The molecule has 0 bridgehead atoms. The van der Waals surface area contributed by atoms with Crippen LogP contribution in [0.1, 0.15) is 36.1 Å². The SMILES string of the molecule is CNc1ccc(Nc2cccc(CN(C=O)CC(=O)Nc3cccc(C(C)(C)O)c3)c2C)cc1C=N. The van der Waals surface area contributed by atoms with Gasteiger partial charge < -0.3 is 31.4 Å². The lowest BCUT2D eigenvalue weighted by Crippen LogP contribution is -2.32. The molecule has 0 aliphatic carbocycles. The van der Waals surface area contributed by atoms with Gasteiger partial charge in [-0.3, -0.25) is 9.59 Å². The lowest BCUT2D eigenvalue weighted by molar-refractivity contribution is -0.125. The Morgan fingerprint density at radius 3 is 2.47 bits per heavy atom. The summed E-state index contributed by atoms with van der Waals surface area (Å²) < 4.78 is 0. The number of hydrogen-bond acceptors (Lipinski definition) is 6. The predicted molar refractivity (Wildman–Crippen MR) is 145 cm³/mol. The molecule has 0 radical (unpaired) electrons. The van der Waals surface area contributed by atoms with Gasteiger partial charge in [0, 0.05) is 48.1 Å². The molecule has 0 fully saturated rings. The normalized spacial score (nSPS) is 10.9. The molecule has 3 aromatic rings. The summed E-state index contributed by atoms with van der Waals surface area (Å²) in [5, 5.41) is 27.1. The van der Waals surface area contributed by atoms with Crippen LogP contribution in [0.3, 0.4) is 0 Å². The third kappa shape index (κ3) is 6.70. The van der Waals surface area contributed by atoms with E-state index in [1.54, 1.807) is 38.1 Å². The molecule has 0 unspecified atom stereocenters. The minimum atomic E-state index is -1.03. The van der Waals surface area contributed by atoms with Crippen LogP contribution in [0.5, 0.6) is 0 Å². The maximum absolute atomic E-state index is 12.6. The van der Waals surface area contributed by atoms with Gasteiger partial charge in [-0.15, -0.1) is 0 Å². The second-order valence-electron chi connectivity index (χ2n) is 9.11. The van der Waals surface area contributed by atoms with Crippen molar-refractivity contribution < 1.29 is 14.7 Å². The van der Waals surface area contributed by atoms with E-state index in [0.717, 1.165) is 33.8 Å². The maximum Gasteiger partial charge on any atom is 0.243 e. The van der Waals surface area contributed by atoms with E-state index in [-0.39, 0.29) is 19.0 Å². The molecule has 0 heterocycles. The van der Waals surface area contributed by atoms with Crippen LogP contribution in [0.15, 0.2) is 60.7 Å². The van der Waals surface area contributed by atoms with Crippen LogP contribution >= 0.6 is 0 Å². The highest BCUT2D eigenvalue weighted by molar-refractivity contribution is 5.93. The number of rotatable bonds is 11. The van der Waals surface area contributed by atoms with Gasteiger partial charge in [0.25, 0.3) is 0 Å². The fraction of sp³-hybridized carbons (Fsp3) is 0.250. The van der Waals surface area contributed by atoms with Crippen molar-refractivity contribution >= 4 is 41.3 Å². The Bertz CT molecular complexity index is 1250. The number of anilines is 4. The molecule has 3 aromatic carbocycles. The Balaban J connectivity index is 1.69. The highest BCUT2D eigenvalue weighted by atomic mass is 16.3. The summed E-state index contributed by atoms with van der Waals surface area (Å²) in [6.07, 6.45) is 1.97. The highest BCUT2D eigenvalue weighted by Gasteiger charge is 2.17. The summed E-state index contributed by atoms with van der Waals surface area (Å²) in [6, 6.07) is 18.5. The standard InChI is InChI=1S/C28H33N5O3/c1-19-20(7-5-10-25(19)31-24-11-12-26(30-4)21(13-24)15-29)16-33(18-34)17-27(35)32-23-9-6-8-22(14-23)28(2,3)36/h5-15,18,29-31,36H,16-17H2,1-4H3,(H,32,35). The van der Waals surface area contributed by atoms with E-state index >= 15 is 0 Å². The fourth-order valence-corrected chi connectivity index (χ4v) is 3.84. The van der Waals surface area contributed by atoms with Gasteiger partial charge in [-0.1, -0.05) is 24.3 Å². The van der Waals surface area contributed by atoms with E-state index in [4.69, 9.17) is 5.41 Å². The van der Waals surface area contributed by atoms with E-state index in [1.807, 2.05) is 50.4 Å². The first-order valence-corrected chi connectivity index (χ1v) is 11.6. The second kappa shape index (κ2) is 11.5. The summed E-state index contributed by atoms with van der Waals surface area (Å²) >= 11 is 0. The third-order valence-corrected chi connectivity index (χ3v) is 5.92. The van der Waals surface area contributed by atoms with Crippen LogP contribution in [0.4, 0.5) is 22.7 Å². The maximum atomic E-state index is 12.6. The van der Waals surface area contributed by atoms with Gasteiger partial charge in [-0.05, 0) is 73.9 Å². The Hall–Kier alpha value is -4.17. The molecule has 0 atom stereocenters. The van der Waals surface area contributed by atoms with Crippen molar-refractivity contribution in [1.29, 1.82) is 5.41 Å². The molecule has 0 aromatic heterocycles. The number of nitrogens with one attached hydrogen (secondary N) is 4. The van der Waals surface area contributed by atoms with Crippen LogP contribution in [0.25, 0.3) is 0 Å². The van der Waals surface area contributed by atoms with Crippen molar-refractivity contribution in [2.75, 3.05) is 29.5 Å². The van der Waals surface area contributed by atoms with Crippen molar-refractivity contribution in [2.24, 2.45) is 0 Å². The quantitative estimate of drug-likeness (QED) is 0.200. The van der Waals surface area contributed by atoms with Gasteiger partial charge in [-0.25, -0.2) is 0 Å². The summed E-state index contributed by atoms with van der Waals surface area (Å²) in [5.41, 5.74) is 5.42. The molecule has 36 heavy (non-hydrogen) atoms. The number of nitrogens with zero attached hydrogens (tertiary/aromatic N) is 1. The van der Waals surface area contributed by atoms with Crippen LogP contribution in [0, 0.1) is 12.3 Å². The fourth-order valence-electron chi connectivity index (χ4n) is 3.84. The van der Waals surface area contributed by atoms with E-state index in [0.29, 0.717) is 17.7 Å². The van der Waals surface area contributed by atoms with Crippen molar-refractivity contribution in [3.8, 4) is 0 Å². The first-order valence-electron chi connectivity index (χ1n) is 11.6. The van der Waals surface area contributed by atoms with Crippen LogP contribution < -0.4 is 16.0 Å². The summed E-state index contributed by atoms with van der Waals surface area (Å²) in [5.74, 6) is -0.328. The summed E-state index contributed by atoms with van der Waals surface area (Å²) in [7, 11) is 1.81. The summed E-state index contributed by atoms with van der Waals surface area (Å²) in [4.78, 5) is 25.8. The monoisotopic (exact) mass is 487 g/mol. The number of carbonyl (C=O) groups excluding carboxylic acids is 2. The lowest BCUT2D eigenvalue weighted by atomic mass is 9.98. The average molecular weight is 488 g/mol. The second-order valence-corrected chi connectivity index (χ2v) is 9.11. The Morgan fingerprint density at radius 2 is 1.81 bits per heavy atom. The summed E-state index contributed by atoms with van der Waals surface area (Å²) in [6.45, 7) is 5.48. The molecule has 5 N–H and O–H groups in total. The molecule has 8 heteroatoms. The van der Waals surface area contributed by atoms with E-state index < -0.39 is 5.60 Å². The number of benzene rings is 3. The molecule has 3 rings (SSSR count). The molecule has 0 aliphatic rings. The van der Waals surface area contributed by atoms with Gasteiger partial charge in [0.1, 0.15) is 0 Å². The Labute approximate surface area is 211 Å². The number of amides is 2. The minimum absolute atomic E-state index is 0.110. The van der Waals surface area contributed by atoms with Crippen LogP contribution in [0.2, 0.25) is 0 Å². The first kappa shape index (κ1) is 26.4. The van der Waals surface area contributed by atoms with Crippen molar-refractivity contribution in [1.82, 2.24) is 4.90 Å². The van der Waals surface area contributed by atoms with E-state index in [9.17, 15) is 14.7 Å². The zero-order valence-electron chi connectivity index (χ0n) is 21.1. The van der Waals surface area contributed by atoms with Crippen molar-refractivity contribution in [2.45, 2.75) is 32.9 Å². The van der Waals surface area contributed by atoms with Crippen LogP contribution in [-0.2, 0) is 21.7 Å². The van der Waals surface area contributed by atoms with Crippen molar-refractivity contribution in [3.05, 3.63) is 82.9 Å². The zero-order valence-corrected chi connectivity index (χ0v) is 21.1. The average Bonchev–Trinajstić information content (AvgIpc) is 2.85. The van der Waals surface area contributed by atoms with Gasteiger partial charge in [-0.2, -0.15) is 0 Å². The van der Waals surface area contributed by atoms with Crippen LogP contribution in [-0.4, -0.2) is 42.1 Å². The minimum Gasteiger partial charge on any atom is -0.388 e. The molecule has 0 spiro atoms. The van der Waals surface area contributed by atoms with Gasteiger partial charge >= 0.3 is 0 Å². The van der Waals surface area contributed by atoms with E-state index in [2.05, 4.69) is 16.0 Å². The third-order valence-electron chi connectivity index (χ3n) is 5.92. The molecular weight excluding hydrogens is 454 g/mol. The number of hydrogen-bond donors (Lipinski definition) is 5. The molecule has 0 saturated heterocycles. The number of aliphatic hydroxyl groups is 1. The lowest BCUT2D eigenvalue weighted by Gasteiger charge is -2.21. The highest BCUT2D eigenvalue weighted by Crippen LogP contribution is 2.27. The molecule has 0 saturated carbocycles. The zero-order chi connectivity index (χ0) is 26.3. The Morgan fingerprint density at radius 1 is 1.06 bits per heavy atom. The number of carbonyl (C=O) groups is 2. The molecule has 188 valence electrons. The molecule has 8 nitrogen and oxygen atoms in total. The predicted octanol–water partition coefficient (Wildman–Crippen LogP) is 4.60. The molecule has 2 amide bonds. The van der Waals surface area contributed by atoms with Crippen molar-refractivity contribution in [3.63, 3.8) is 0 Å². The van der Waals surface area contributed by atoms with E-state index in [1.165, 1.54) is 11.1 Å². The molecular formula is C28H33N5O3. The van der Waals surface area contributed by atoms with Gasteiger partial charge in [0.2, 0.25) is 12.3 Å². The Kier molecular flexibility index (Phi) is 8.45. The molecule has 0 aliphatic heterocycles. The smallest absolute Gasteiger partial charge is 0.243 e. The van der Waals surface area contributed by atoms with Gasteiger partial charge in [0.15, 0.2) is 0 Å². The first-order chi connectivity index (χ1) is 17.1. The largest absolute Gasteiger partial charge is 0.388 e. The topological polar surface area (TPSA) is 118 Å². The van der Waals surface area contributed by atoms with Gasteiger partial charge in [0.05, 0.1) is 12.1 Å².